The van der Waals surface area contributed by atoms with Crippen molar-refractivity contribution in [2.45, 2.75) is 85.0 Å². The number of nitrogens with one attached hydrogen (secondary N) is 2. The Morgan fingerprint density at radius 2 is 1.67 bits per heavy atom. The van der Waals surface area contributed by atoms with Gasteiger partial charge in [-0.25, -0.2) is 9.88 Å². The van der Waals surface area contributed by atoms with Gasteiger partial charge in [-0.1, -0.05) is 26.5 Å². The van der Waals surface area contributed by atoms with Crippen molar-refractivity contribution in [3.63, 3.8) is 0 Å². The minimum atomic E-state index is -0.477. The van der Waals surface area contributed by atoms with Crippen LogP contribution in [0.1, 0.15) is 120 Å². The maximum atomic E-state index is 13.6. The van der Waals surface area contributed by atoms with Crippen molar-refractivity contribution >= 4 is 62.8 Å². The first kappa shape index (κ1) is 29.8. The van der Waals surface area contributed by atoms with E-state index in [-0.39, 0.29) is 43.3 Å². The lowest BCUT2D eigenvalue weighted by atomic mass is 9.85. The molecule has 0 saturated carbocycles. The molecule has 3 aromatic rings. The molecule has 3 aliphatic heterocycles. The number of nitrogens with zero attached hydrogens (tertiary/aromatic N) is 3. The van der Waals surface area contributed by atoms with Gasteiger partial charge in [0.25, 0.3) is 0 Å². The van der Waals surface area contributed by atoms with E-state index in [0.29, 0.717) is 12.0 Å². The van der Waals surface area contributed by atoms with E-state index in [2.05, 4.69) is 56.4 Å². The van der Waals surface area contributed by atoms with Crippen LogP contribution in [0.4, 0.5) is 0 Å². The number of ketones is 1. The van der Waals surface area contributed by atoms with Gasteiger partial charge < -0.3 is 9.97 Å². The fourth-order valence-electron chi connectivity index (χ4n) is 7.67. The second-order valence-corrected chi connectivity index (χ2v) is 12.8. The van der Waals surface area contributed by atoms with Crippen LogP contribution in [-0.4, -0.2) is 48.3 Å². The van der Waals surface area contributed by atoms with Gasteiger partial charge in [-0.15, -0.1) is 0 Å². The summed E-state index contributed by atoms with van der Waals surface area (Å²) < 4.78 is 0. The monoisotopic (exact) mass is 615 g/mol. The lowest BCUT2D eigenvalue weighted by Crippen LogP contribution is -2.35. The Hall–Kier alpha value is -4.92. The van der Waals surface area contributed by atoms with Crippen LogP contribution in [0, 0.1) is 13.8 Å². The van der Waals surface area contributed by atoms with Crippen LogP contribution in [0.15, 0.2) is 24.8 Å². The summed E-state index contributed by atoms with van der Waals surface area (Å²) in [6.07, 6.45) is 3.44. The number of hydrogen-bond acceptors (Lipinski definition) is 6. The van der Waals surface area contributed by atoms with Crippen molar-refractivity contribution in [1.29, 1.82) is 0 Å². The summed E-state index contributed by atoms with van der Waals surface area (Å²) in [6.45, 7) is 14.4. The largest absolute Gasteiger partial charge is 0.355 e. The Morgan fingerprint density at radius 3 is 2.37 bits per heavy atom. The van der Waals surface area contributed by atoms with Gasteiger partial charge in [-0.3, -0.25) is 24.2 Å². The zero-order valence-corrected chi connectivity index (χ0v) is 26.9. The first-order valence-corrected chi connectivity index (χ1v) is 16.0. The van der Waals surface area contributed by atoms with Crippen LogP contribution in [0.5, 0.6) is 0 Å². The van der Waals surface area contributed by atoms with E-state index < -0.39 is 17.7 Å². The van der Waals surface area contributed by atoms with Gasteiger partial charge in [0.2, 0.25) is 17.7 Å². The van der Waals surface area contributed by atoms with E-state index in [4.69, 9.17) is 9.97 Å². The maximum absolute atomic E-state index is 13.6. The predicted molar refractivity (Wildman–Crippen MR) is 178 cm³/mol. The number of amides is 3. The number of aryl methyl sites for hydroxylation is 2. The first-order valence-electron chi connectivity index (χ1n) is 16.0. The van der Waals surface area contributed by atoms with Crippen molar-refractivity contribution in [3.05, 3.63) is 75.4 Å². The SMILES string of the molecule is C=Cc1c(C)c2cc3nc(c4c5[nH]c(cc6nc(cc1[nH]2)C(C)=C6CC)c(C)c5C(=O)C4)[C@@H](CCC(=O)N1C(=O)CCC1=O)[C@@H]3C. The molecule has 4 aliphatic rings. The van der Waals surface area contributed by atoms with Crippen molar-refractivity contribution in [2.24, 2.45) is 0 Å². The molecule has 1 fully saturated rings. The molecular weight excluding hydrogens is 578 g/mol. The minimum absolute atomic E-state index is 0.0286. The third kappa shape index (κ3) is 4.43. The molecular formula is C37H37N5O4. The zero-order chi connectivity index (χ0) is 32.6. The highest BCUT2D eigenvalue weighted by atomic mass is 16.2. The van der Waals surface area contributed by atoms with Gasteiger partial charge >= 0.3 is 0 Å². The molecule has 3 amide bonds. The lowest BCUT2D eigenvalue weighted by molar-refractivity contribution is -0.149. The normalized spacial score (nSPS) is 19.2. The highest BCUT2D eigenvalue weighted by Crippen LogP contribution is 2.44. The Kier molecular flexibility index (Phi) is 7.03. The molecule has 0 aromatic carbocycles. The maximum Gasteiger partial charge on any atom is 0.236 e. The molecule has 0 spiro atoms. The molecule has 234 valence electrons. The number of allylic oxidation sites excluding steroid dienone is 2. The minimum Gasteiger partial charge on any atom is -0.355 e. The van der Waals surface area contributed by atoms with E-state index >= 15 is 0 Å². The summed E-state index contributed by atoms with van der Waals surface area (Å²) in [7, 11) is 0. The molecule has 6 heterocycles. The summed E-state index contributed by atoms with van der Waals surface area (Å²) in [4.78, 5) is 69.4. The molecule has 7 rings (SSSR count). The highest BCUT2D eigenvalue weighted by molar-refractivity contribution is 6.15. The van der Waals surface area contributed by atoms with Crippen LogP contribution in [-0.2, 0) is 20.8 Å². The Balaban J connectivity index is 1.49. The molecule has 0 unspecified atom stereocenters. The number of fused-ring (bicyclic) bond motifs is 8. The third-order valence-electron chi connectivity index (χ3n) is 10.3. The first-order chi connectivity index (χ1) is 22.0. The number of carbonyl (C=O) groups excluding carboxylic acids is 4. The standard InChI is InChI=1S/C37H37N5O4/c1-7-21-17(3)25-14-27-19(5)23(9-10-32(44)42-33(45)11-12-34(42)46)36(40-27)24-13-31(43)35-20(6)28(41-37(24)35)16-30-22(8-2)18(4)26(39-30)15-29(21)38-25/h7,14-16,19,23,38,41H,1,8-13H2,2-6H3/t19-,23-/m0/s1. The van der Waals surface area contributed by atoms with Gasteiger partial charge in [0, 0.05) is 76.5 Å². The molecule has 0 radical (unpaired) electrons. The van der Waals surface area contributed by atoms with Crippen molar-refractivity contribution in [1.82, 2.24) is 24.8 Å². The van der Waals surface area contributed by atoms with Crippen LogP contribution in [0.3, 0.4) is 0 Å². The topological polar surface area (TPSA) is 129 Å². The number of hydrogen-bond donors (Lipinski definition) is 2. The van der Waals surface area contributed by atoms with E-state index in [1.807, 2.05) is 19.1 Å². The number of aromatic nitrogens is 4. The molecule has 9 heteroatoms. The van der Waals surface area contributed by atoms with Gasteiger partial charge in [0.15, 0.2) is 5.78 Å². The Labute approximate surface area is 266 Å². The van der Waals surface area contributed by atoms with Crippen molar-refractivity contribution in [3.8, 4) is 0 Å². The number of aromatic amines is 2. The highest BCUT2D eigenvalue weighted by Gasteiger charge is 2.38. The van der Waals surface area contributed by atoms with Gasteiger partial charge in [0.1, 0.15) is 0 Å². The second-order valence-electron chi connectivity index (χ2n) is 12.8. The fourth-order valence-corrected chi connectivity index (χ4v) is 7.67. The smallest absolute Gasteiger partial charge is 0.236 e. The predicted octanol–water partition coefficient (Wildman–Crippen LogP) is 7.00. The van der Waals surface area contributed by atoms with E-state index in [1.165, 1.54) is 0 Å². The summed E-state index contributed by atoms with van der Waals surface area (Å²) in [5.74, 6) is -1.60. The number of carbonyl (C=O) groups is 4. The summed E-state index contributed by atoms with van der Waals surface area (Å²) in [6, 6.07) is 6.16. The number of rotatable bonds is 5. The summed E-state index contributed by atoms with van der Waals surface area (Å²) >= 11 is 0. The van der Waals surface area contributed by atoms with E-state index in [0.717, 1.165) is 89.6 Å². The summed E-state index contributed by atoms with van der Waals surface area (Å²) in [5.41, 5.74) is 13.5. The van der Waals surface area contributed by atoms with Crippen LogP contribution < -0.4 is 0 Å². The van der Waals surface area contributed by atoms with Crippen molar-refractivity contribution in [2.75, 3.05) is 0 Å². The van der Waals surface area contributed by atoms with E-state index in [9.17, 15) is 19.2 Å². The number of imide groups is 3. The van der Waals surface area contributed by atoms with Gasteiger partial charge in [-0.2, -0.15) is 0 Å². The molecule has 9 nitrogen and oxygen atoms in total. The number of Topliss-reactive ketones (excluding diaryl/α,β-unsaturated/α-hetero) is 1. The lowest BCUT2D eigenvalue weighted by Gasteiger charge is -2.18. The molecule has 8 bridgehead atoms. The third-order valence-corrected chi connectivity index (χ3v) is 10.3. The van der Waals surface area contributed by atoms with Gasteiger partial charge in [-0.05, 0) is 74.1 Å². The molecule has 3 aromatic heterocycles. The quantitative estimate of drug-likeness (QED) is 0.298. The van der Waals surface area contributed by atoms with Crippen LogP contribution in [0.2, 0.25) is 0 Å². The molecule has 1 saturated heterocycles. The van der Waals surface area contributed by atoms with Gasteiger partial charge in [0.05, 0.1) is 22.6 Å². The second kappa shape index (κ2) is 10.9. The Morgan fingerprint density at radius 1 is 0.978 bits per heavy atom. The molecule has 1 aliphatic carbocycles. The summed E-state index contributed by atoms with van der Waals surface area (Å²) in [5, 5.41) is 0. The average molecular weight is 616 g/mol. The fraction of sp³-hybridized carbons (Fsp3) is 0.351. The Bertz CT molecular complexity index is 2110. The number of likely N-dealkylation sites (tertiary alicyclic amines) is 1. The van der Waals surface area contributed by atoms with Crippen molar-refractivity contribution < 1.29 is 19.2 Å². The average Bonchev–Trinajstić information content (AvgIpc) is 3.82. The molecule has 46 heavy (non-hydrogen) atoms. The zero-order valence-electron chi connectivity index (χ0n) is 26.9. The van der Waals surface area contributed by atoms with E-state index in [1.54, 1.807) is 0 Å². The molecule has 2 N–H and O–H groups in total. The molecule has 2 atom stereocenters. The van der Waals surface area contributed by atoms with Crippen LogP contribution in [0.25, 0.3) is 39.3 Å². The number of H-pyrrole nitrogens is 2. The van der Waals surface area contributed by atoms with Crippen LogP contribution >= 0.6 is 0 Å².